The summed E-state index contributed by atoms with van der Waals surface area (Å²) in [5, 5.41) is 0. The van der Waals surface area contributed by atoms with Gasteiger partial charge in [-0.2, -0.15) is 0 Å². The minimum Gasteiger partial charge on any atom is -0.497 e. The summed E-state index contributed by atoms with van der Waals surface area (Å²) < 4.78 is 10.4. The van der Waals surface area contributed by atoms with E-state index in [2.05, 4.69) is 6.92 Å². The van der Waals surface area contributed by atoms with E-state index in [4.69, 9.17) is 9.47 Å². The van der Waals surface area contributed by atoms with Crippen LogP contribution in [0.1, 0.15) is 32.3 Å². The average Bonchev–Trinajstić information content (AvgIpc) is 3.00. The number of esters is 1. The first kappa shape index (κ1) is 12.9. The van der Waals surface area contributed by atoms with Crippen molar-refractivity contribution in [2.24, 2.45) is 11.8 Å². The van der Waals surface area contributed by atoms with E-state index >= 15 is 0 Å². The quantitative estimate of drug-likeness (QED) is 0.768. The zero-order valence-electron chi connectivity index (χ0n) is 11.3. The maximum atomic E-state index is 11.9. The maximum Gasteiger partial charge on any atom is 0.310 e. The largest absolute Gasteiger partial charge is 0.497 e. The Morgan fingerprint density at radius 2 is 1.83 bits per heavy atom. The van der Waals surface area contributed by atoms with Crippen LogP contribution in [-0.2, 0) is 9.53 Å². The predicted molar refractivity (Wildman–Crippen MR) is 69.6 cm³/mol. The van der Waals surface area contributed by atoms with Crippen LogP contribution in [0.15, 0.2) is 24.3 Å². The number of rotatable bonds is 4. The molecule has 0 saturated heterocycles. The van der Waals surface area contributed by atoms with Crippen LogP contribution in [0.4, 0.5) is 0 Å². The summed E-state index contributed by atoms with van der Waals surface area (Å²) in [6.07, 6.45) is -0.0400. The van der Waals surface area contributed by atoms with Crippen molar-refractivity contribution in [3.05, 3.63) is 29.8 Å². The first-order valence-corrected chi connectivity index (χ1v) is 6.39. The second-order valence-corrected chi connectivity index (χ2v) is 5.17. The summed E-state index contributed by atoms with van der Waals surface area (Å²) >= 11 is 0. The summed E-state index contributed by atoms with van der Waals surface area (Å²) in [5.74, 6) is 1.44. The predicted octanol–water partition coefficient (Wildman–Crippen LogP) is 3.00. The molecule has 0 aliphatic heterocycles. The molecule has 0 bridgehead atoms. The molecule has 3 atom stereocenters. The molecule has 1 aromatic rings. The highest BCUT2D eigenvalue weighted by atomic mass is 16.5. The Hall–Kier alpha value is -1.51. The fraction of sp³-hybridized carbons (Fsp3) is 0.533. The van der Waals surface area contributed by atoms with Gasteiger partial charge in [0.1, 0.15) is 5.75 Å². The molecule has 0 spiro atoms. The number of hydrogen-bond acceptors (Lipinski definition) is 3. The first-order chi connectivity index (χ1) is 8.54. The third kappa shape index (κ3) is 2.50. The molecule has 98 valence electrons. The van der Waals surface area contributed by atoms with Gasteiger partial charge in [-0.05, 0) is 37.5 Å². The van der Waals surface area contributed by atoms with E-state index in [0.29, 0.717) is 11.8 Å². The third-order valence-electron chi connectivity index (χ3n) is 3.50. The Labute approximate surface area is 108 Å². The molecule has 3 nitrogen and oxygen atoms in total. The van der Waals surface area contributed by atoms with Gasteiger partial charge in [-0.3, -0.25) is 4.79 Å². The molecule has 3 heteroatoms. The Bertz CT molecular complexity index is 422. The van der Waals surface area contributed by atoms with Crippen LogP contribution in [-0.4, -0.2) is 19.2 Å². The van der Waals surface area contributed by atoms with Crippen molar-refractivity contribution in [1.82, 2.24) is 0 Å². The zero-order valence-corrected chi connectivity index (χ0v) is 11.3. The molecule has 1 aliphatic carbocycles. The van der Waals surface area contributed by atoms with Crippen molar-refractivity contribution in [1.29, 1.82) is 0 Å². The van der Waals surface area contributed by atoms with Gasteiger partial charge in [0.25, 0.3) is 0 Å². The third-order valence-corrected chi connectivity index (χ3v) is 3.50. The number of carbonyl (C=O) groups excluding carboxylic acids is 1. The minimum absolute atomic E-state index is 0.0146. The highest BCUT2D eigenvalue weighted by Gasteiger charge is 2.53. The van der Waals surface area contributed by atoms with Crippen LogP contribution in [0.3, 0.4) is 0 Å². The fourth-order valence-corrected chi connectivity index (χ4v) is 2.47. The molecule has 1 aromatic carbocycles. The zero-order chi connectivity index (χ0) is 13.3. The Balaban J connectivity index is 2.04. The van der Waals surface area contributed by atoms with Gasteiger partial charge in [0, 0.05) is 5.92 Å². The van der Waals surface area contributed by atoms with Crippen molar-refractivity contribution < 1.29 is 14.3 Å². The number of hydrogen-bond donors (Lipinski definition) is 0. The first-order valence-electron chi connectivity index (χ1n) is 6.39. The van der Waals surface area contributed by atoms with Crippen molar-refractivity contribution in [3.8, 4) is 5.75 Å². The van der Waals surface area contributed by atoms with Gasteiger partial charge >= 0.3 is 5.97 Å². The number of carbonyl (C=O) groups is 1. The van der Waals surface area contributed by atoms with Gasteiger partial charge in [0.05, 0.1) is 19.1 Å². The van der Waals surface area contributed by atoms with E-state index in [9.17, 15) is 4.79 Å². The van der Waals surface area contributed by atoms with E-state index in [1.165, 1.54) is 5.56 Å². The van der Waals surface area contributed by atoms with E-state index < -0.39 is 0 Å². The van der Waals surface area contributed by atoms with Gasteiger partial charge in [-0.15, -0.1) is 0 Å². The van der Waals surface area contributed by atoms with Crippen molar-refractivity contribution >= 4 is 5.97 Å². The lowest BCUT2D eigenvalue weighted by molar-refractivity contribution is -0.149. The monoisotopic (exact) mass is 248 g/mol. The van der Waals surface area contributed by atoms with Gasteiger partial charge in [0.15, 0.2) is 0 Å². The molecule has 1 saturated carbocycles. The molecule has 0 amide bonds. The molecule has 18 heavy (non-hydrogen) atoms. The average molecular weight is 248 g/mol. The molecule has 0 N–H and O–H groups in total. The number of benzene rings is 1. The second-order valence-electron chi connectivity index (χ2n) is 5.17. The van der Waals surface area contributed by atoms with Gasteiger partial charge in [-0.1, -0.05) is 19.1 Å². The summed E-state index contributed by atoms with van der Waals surface area (Å²) in [5.41, 5.74) is 1.19. The van der Waals surface area contributed by atoms with E-state index in [-0.39, 0.29) is 18.0 Å². The summed E-state index contributed by atoms with van der Waals surface area (Å²) in [4.78, 5) is 11.9. The van der Waals surface area contributed by atoms with Crippen molar-refractivity contribution in [3.63, 3.8) is 0 Å². The highest BCUT2D eigenvalue weighted by molar-refractivity contribution is 5.78. The van der Waals surface area contributed by atoms with Gasteiger partial charge < -0.3 is 9.47 Å². The molecule has 2 rings (SSSR count). The second kappa shape index (κ2) is 5.01. The summed E-state index contributed by atoms with van der Waals surface area (Å²) in [7, 11) is 1.65. The Morgan fingerprint density at radius 1 is 1.22 bits per heavy atom. The SMILES string of the molecule is COc1ccc([C@H]2C(C(=O)OC(C)C)[C@@H]2C)cc1. The van der Waals surface area contributed by atoms with E-state index in [1.807, 2.05) is 38.1 Å². The molecule has 0 heterocycles. The molecule has 1 fully saturated rings. The van der Waals surface area contributed by atoms with Crippen LogP contribution < -0.4 is 4.74 Å². The number of methoxy groups -OCH3 is 1. The lowest BCUT2D eigenvalue weighted by Gasteiger charge is -2.07. The molecule has 1 aliphatic rings. The highest BCUT2D eigenvalue weighted by Crippen LogP contribution is 2.54. The van der Waals surface area contributed by atoms with Crippen LogP contribution in [0.2, 0.25) is 0 Å². The van der Waals surface area contributed by atoms with Gasteiger partial charge in [0.2, 0.25) is 0 Å². The van der Waals surface area contributed by atoms with Crippen molar-refractivity contribution in [2.75, 3.05) is 7.11 Å². The number of ether oxygens (including phenoxy) is 2. The molecular formula is C15H20O3. The molecular weight excluding hydrogens is 228 g/mol. The maximum absolute atomic E-state index is 11.9. The van der Waals surface area contributed by atoms with Crippen LogP contribution in [0, 0.1) is 11.8 Å². The molecule has 0 radical (unpaired) electrons. The summed E-state index contributed by atoms with van der Waals surface area (Å²) in [6.45, 7) is 5.86. The van der Waals surface area contributed by atoms with E-state index in [1.54, 1.807) is 7.11 Å². The standard InChI is InChI=1S/C15H20O3/c1-9(2)18-15(16)14-10(3)13(14)11-5-7-12(17-4)8-6-11/h5-10,13-14H,1-4H3/t10-,13+,14?/m1/s1. The van der Waals surface area contributed by atoms with E-state index in [0.717, 1.165) is 5.75 Å². The molecule has 1 unspecified atom stereocenters. The molecule has 0 aromatic heterocycles. The van der Waals surface area contributed by atoms with Gasteiger partial charge in [-0.25, -0.2) is 0 Å². The Kier molecular flexibility index (Phi) is 3.60. The minimum atomic E-state index is -0.0710. The fourth-order valence-electron chi connectivity index (χ4n) is 2.47. The van der Waals surface area contributed by atoms with Crippen molar-refractivity contribution in [2.45, 2.75) is 32.8 Å². The van der Waals surface area contributed by atoms with Crippen LogP contribution >= 0.6 is 0 Å². The van der Waals surface area contributed by atoms with Crippen LogP contribution in [0.25, 0.3) is 0 Å². The normalized spacial score (nSPS) is 25.9. The lowest BCUT2D eigenvalue weighted by Crippen LogP contribution is -2.14. The lowest BCUT2D eigenvalue weighted by atomic mass is 10.1. The topological polar surface area (TPSA) is 35.5 Å². The van der Waals surface area contributed by atoms with Crippen LogP contribution in [0.5, 0.6) is 5.75 Å². The summed E-state index contributed by atoms with van der Waals surface area (Å²) in [6, 6.07) is 7.93. The Morgan fingerprint density at radius 3 is 2.33 bits per heavy atom. The smallest absolute Gasteiger partial charge is 0.310 e.